The third kappa shape index (κ3) is 2.37. The maximum atomic E-state index is 13.2. The number of aromatic nitrogens is 1. The first-order valence-electron chi connectivity index (χ1n) is 5.09. The topological polar surface area (TPSA) is 63.3 Å². The van der Waals surface area contributed by atoms with E-state index in [1.54, 1.807) is 0 Å². The first-order chi connectivity index (χ1) is 8.47. The Morgan fingerprint density at radius 1 is 1.44 bits per heavy atom. The molecule has 0 aliphatic rings. The fourth-order valence-electron chi connectivity index (χ4n) is 1.53. The number of hydrogen-bond acceptors (Lipinski definition) is 3. The summed E-state index contributed by atoms with van der Waals surface area (Å²) >= 11 is 0. The molecule has 0 bridgehead atoms. The highest BCUT2D eigenvalue weighted by molar-refractivity contribution is 5.69. The Hall–Kier alpha value is -2.24. The normalized spacial score (nSPS) is 10.6. The fourth-order valence-corrected chi connectivity index (χ4v) is 1.53. The molecule has 0 aliphatic carbocycles. The van der Waals surface area contributed by atoms with Gasteiger partial charge in [-0.25, -0.2) is 13.8 Å². The van der Waals surface area contributed by atoms with Gasteiger partial charge in [0.15, 0.2) is 11.6 Å². The van der Waals surface area contributed by atoms with Crippen molar-refractivity contribution in [1.82, 2.24) is 4.98 Å². The Labute approximate surface area is 101 Å². The van der Waals surface area contributed by atoms with Crippen LogP contribution in [0.1, 0.15) is 11.3 Å². The van der Waals surface area contributed by atoms with Gasteiger partial charge in [0, 0.05) is 5.56 Å². The van der Waals surface area contributed by atoms with Crippen LogP contribution in [0.3, 0.4) is 0 Å². The third-order valence-electron chi connectivity index (χ3n) is 2.34. The monoisotopic (exact) mass is 253 g/mol. The summed E-state index contributed by atoms with van der Waals surface area (Å²) in [6, 6.07) is 2.34. The molecule has 1 aromatic heterocycles. The molecule has 0 atom stereocenters. The molecule has 0 unspecified atom stereocenters. The molecule has 0 saturated heterocycles. The summed E-state index contributed by atoms with van der Waals surface area (Å²) in [6.07, 6.45) is 0.895. The zero-order chi connectivity index (χ0) is 13.3. The molecule has 0 amide bonds. The van der Waals surface area contributed by atoms with Crippen LogP contribution in [0.15, 0.2) is 22.8 Å². The van der Waals surface area contributed by atoms with E-state index in [9.17, 15) is 13.6 Å². The number of hydrogen-bond donors (Lipinski definition) is 1. The number of benzene rings is 1. The van der Waals surface area contributed by atoms with E-state index in [2.05, 4.69) is 4.98 Å². The lowest BCUT2D eigenvalue weighted by atomic mass is 10.1. The number of oxazole rings is 1. The summed E-state index contributed by atoms with van der Waals surface area (Å²) in [5, 5.41) is 8.58. The van der Waals surface area contributed by atoms with Gasteiger partial charge >= 0.3 is 5.97 Å². The minimum atomic E-state index is -1.05. The second kappa shape index (κ2) is 4.56. The molecule has 0 aliphatic heterocycles. The van der Waals surface area contributed by atoms with Crippen LogP contribution >= 0.6 is 0 Å². The van der Waals surface area contributed by atoms with Crippen LogP contribution in [0.5, 0.6) is 0 Å². The molecule has 94 valence electrons. The Morgan fingerprint density at radius 3 is 2.78 bits per heavy atom. The van der Waals surface area contributed by atoms with E-state index in [1.165, 1.54) is 19.3 Å². The second-order valence-corrected chi connectivity index (χ2v) is 3.80. The third-order valence-corrected chi connectivity index (χ3v) is 2.34. The Bertz CT molecular complexity index is 584. The van der Waals surface area contributed by atoms with Crippen LogP contribution in [0.4, 0.5) is 8.78 Å². The predicted molar refractivity (Wildman–Crippen MR) is 57.9 cm³/mol. The summed E-state index contributed by atoms with van der Waals surface area (Å²) in [5.74, 6) is -2.90. The number of nitrogens with zero attached hydrogens (tertiary/aromatic N) is 1. The van der Waals surface area contributed by atoms with Gasteiger partial charge in [-0.3, -0.25) is 4.79 Å². The highest BCUT2D eigenvalue weighted by Crippen LogP contribution is 2.23. The standard InChI is InChI=1S/C12H9F2NO3/c1-6-2-7(3-9(13)11(6)14)12-15-8(5-18-12)4-10(16)17/h2-3,5H,4H2,1H3,(H,16,17). The predicted octanol–water partition coefficient (Wildman–Crippen LogP) is 2.56. The van der Waals surface area contributed by atoms with Crippen molar-refractivity contribution in [2.75, 3.05) is 0 Å². The minimum Gasteiger partial charge on any atom is -0.481 e. The largest absolute Gasteiger partial charge is 0.481 e. The molecule has 1 aromatic carbocycles. The van der Waals surface area contributed by atoms with Crippen molar-refractivity contribution in [2.24, 2.45) is 0 Å². The van der Waals surface area contributed by atoms with Crippen molar-refractivity contribution in [2.45, 2.75) is 13.3 Å². The zero-order valence-corrected chi connectivity index (χ0v) is 9.41. The lowest BCUT2D eigenvalue weighted by Crippen LogP contribution is -2.00. The van der Waals surface area contributed by atoms with E-state index in [4.69, 9.17) is 9.52 Å². The Balaban J connectivity index is 2.37. The molecular weight excluding hydrogens is 244 g/mol. The van der Waals surface area contributed by atoms with Crippen molar-refractivity contribution in [3.63, 3.8) is 0 Å². The molecule has 0 radical (unpaired) electrons. The number of rotatable bonds is 3. The molecule has 6 heteroatoms. The molecule has 1 N–H and O–H groups in total. The van der Waals surface area contributed by atoms with Gasteiger partial charge in [0.05, 0.1) is 12.1 Å². The first kappa shape index (κ1) is 12.2. The lowest BCUT2D eigenvalue weighted by Gasteiger charge is -2.01. The van der Waals surface area contributed by atoms with E-state index in [-0.39, 0.29) is 29.1 Å². The molecule has 0 fully saturated rings. The van der Waals surface area contributed by atoms with Crippen LogP contribution in [-0.2, 0) is 11.2 Å². The highest BCUT2D eigenvalue weighted by Gasteiger charge is 2.13. The summed E-state index contributed by atoms with van der Waals surface area (Å²) in [5.41, 5.74) is 0.617. The molecular formula is C12H9F2NO3. The summed E-state index contributed by atoms with van der Waals surface area (Å²) in [7, 11) is 0. The van der Waals surface area contributed by atoms with E-state index in [0.29, 0.717) is 0 Å². The summed E-state index contributed by atoms with van der Waals surface area (Å²) < 4.78 is 31.3. The minimum absolute atomic E-state index is 0.0632. The number of carboxylic acid groups (broad SMARTS) is 1. The average molecular weight is 253 g/mol. The Morgan fingerprint density at radius 2 is 2.17 bits per heavy atom. The van der Waals surface area contributed by atoms with Crippen LogP contribution < -0.4 is 0 Å². The molecule has 2 aromatic rings. The fraction of sp³-hybridized carbons (Fsp3) is 0.167. The van der Waals surface area contributed by atoms with Gasteiger partial charge in [-0.05, 0) is 24.6 Å². The van der Waals surface area contributed by atoms with Gasteiger partial charge in [0.1, 0.15) is 6.26 Å². The maximum Gasteiger partial charge on any atom is 0.309 e. The van der Waals surface area contributed by atoms with Crippen LogP contribution in [0.2, 0.25) is 0 Å². The van der Waals surface area contributed by atoms with Crippen LogP contribution in [-0.4, -0.2) is 16.1 Å². The van der Waals surface area contributed by atoms with Crippen LogP contribution in [0, 0.1) is 18.6 Å². The second-order valence-electron chi connectivity index (χ2n) is 3.80. The number of carbonyl (C=O) groups is 1. The van der Waals surface area contributed by atoms with Crippen molar-refractivity contribution in [1.29, 1.82) is 0 Å². The molecule has 0 saturated carbocycles. The number of aliphatic carboxylic acids is 1. The smallest absolute Gasteiger partial charge is 0.309 e. The molecule has 0 spiro atoms. The number of halogens is 2. The molecule has 4 nitrogen and oxygen atoms in total. The van der Waals surface area contributed by atoms with Crippen molar-refractivity contribution in [3.8, 4) is 11.5 Å². The summed E-state index contributed by atoms with van der Waals surface area (Å²) in [6.45, 7) is 1.42. The van der Waals surface area contributed by atoms with E-state index >= 15 is 0 Å². The van der Waals surface area contributed by atoms with Gasteiger partial charge < -0.3 is 9.52 Å². The first-order valence-corrected chi connectivity index (χ1v) is 5.09. The van der Waals surface area contributed by atoms with Gasteiger partial charge in [0.2, 0.25) is 5.89 Å². The van der Waals surface area contributed by atoms with Gasteiger partial charge in [-0.1, -0.05) is 0 Å². The molecule has 2 rings (SSSR count). The zero-order valence-electron chi connectivity index (χ0n) is 9.41. The van der Waals surface area contributed by atoms with Crippen molar-refractivity contribution >= 4 is 5.97 Å². The van der Waals surface area contributed by atoms with Crippen molar-refractivity contribution < 1.29 is 23.1 Å². The van der Waals surface area contributed by atoms with Gasteiger partial charge in [-0.2, -0.15) is 0 Å². The van der Waals surface area contributed by atoms with Crippen molar-refractivity contribution in [3.05, 3.63) is 41.3 Å². The highest BCUT2D eigenvalue weighted by atomic mass is 19.2. The maximum absolute atomic E-state index is 13.2. The molecule has 18 heavy (non-hydrogen) atoms. The van der Waals surface area contributed by atoms with Gasteiger partial charge in [-0.15, -0.1) is 0 Å². The lowest BCUT2D eigenvalue weighted by molar-refractivity contribution is -0.136. The van der Waals surface area contributed by atoms with E-state index < -0.39 is 17.6 Å². The van der Waals surface area contributed by atoms with E-state index in [1.807, 2.05) is 0 Å². The average Bonchev–Trinajstić information content (AvgIpc) is 2.72. The van der Waals surface area contributed by atoms with Gasteiger partial charge in [0.25, 0.3) is 0 Å². The van der Waals surface area contributed by atoms with E-state index in [0.717, 1.165) is 6.07 Å². The number of carboxylic acids is 1. The number of aryl methyl sites for hydroxylation is 1. The summed E-state index contributed by atoms with van der Waals surface area (Å²) in [4.78, 5) is 14.4. The van der Waals surface area contributed by atoms with Crippen LogP contribution in [0.25, 0.3) is 11.5 Å². The molecule has 1 heterocycles. The quantitative estimate of drug-likeness (QED) is 0.913. The Kier molecular flexibility index (Phi) is 3.10. The SMILES string of the molecule is Cc1cc(-c2nc(CC(=O)O)co2)cc(F)c1F.